The van der Waals surface area contributed by atoms with Gasteiger partial charge in [-0.1, -0.05) is 30.3 Å². The Kier molecular flexibility index (Phi) is 4.50. The van der Waals surface area contributed by atoms with Crippen molar-refractivity contribution in [2.24, 2.45) is 0 Å². The van der Waals surface area contributed by atoms with Gasteiger partial charge in [0, 0.05) is 12.7 Å². The van der Waals surface area contributed by atoms with Crippen LogP contribution in [0.2, 0.25) is 0 Å². The Hall–Kier alpha value is -2.89. The molecule has 21 heavy (non-hydrogen) atoms. The quantitative estimate of drug-likeness (QED) is 0.762. The second-order valence-electron chi connectivity index (χ2n) is 4.42. The van der Waals surface area contributed by atoms with Crippen molar-refractivity contribution in [2.45, 2.75) is 5.92 Å². The molecule has 2 rings (SSSR count). The van der Waals surface area contributed by atoms with Crippen LogP contribution in [0.25, 0.3) is 0 Å². The van der Waals surface area contributed by atoms with Crippen molar-refractivity contribution in [1.29, 1.82) is 0 Å². The lowest BCUT2D eigenvalue weighted by atomic mass is 9.99. The van der Waals surface area contributed by atoms with E-state index in [0.717, 1.165) is 0 Å². The number of nitrogens with one attached hydrogen (secondary N) is 2. The predicted octanol–water partition coefficient (Wildman–Crippen LogP) is 0.973. The summed E-state index contributed by atoms with van der Waals surface area (Å²) in [5.41, 5.74) is 0.0311. The van der Waals surface area contributed by atoms with Crippen molar-refractivity contribution in [1.82, 2.24) is 10.3 Å². The van der Waals surface area contributed by atoms with Crippen LogP contribution < -0.4 is 10.9 Å². The van der Waals surface area contributed by atoms with Gasteiger partial charge in [0.05, 0.1) is 5.92 Å². The Morgan fingerprint density at radius 1 is 1.14 bits per heavy atom. The Labute approximate surface area is 120 Å². The molecular weight excluding hydrogens is 272 g/mol. The minimum Gasteiger partial charge on any atom is -0.481 e. The largest absolute Gasteiger partial charge is 0.481 e. The van der Waals surface area contributed by atoms with Gasteiger partial charge in [0.15, 0.2) is 0 Å². The molecule has 1 amide bonds. The van der Waals surface area contributed by atoms with Gasteiger partial charge in [-0.15, -0.1) is 0 Å². The summed E-state index contributed by atoms with van der Waals surface area (Å²) in [6.07, 6.45) is 1.42. The first kappa shape index (κ1) is 14.5. The molecule has 0 bridgehead atoms. The number of aromatic amines is 1. The molecule has 6 heteroatoms. The van der Waals surface area contributed by atoms with Crippen LogP contribution in [0.5, 0.6) is 0 Å². The number of pyridine rings is 1. The zero-order valence-electron chi connectivity index (χ0n) is 11.1. The van der Waals surface area contributed by atoms with Crippen LogP contribution in [0.1, 0.15) is 21.8 Å². The summed E-state index contributed by atoms with van der Waals surface area (Å²) in [7, 11) is 0. The van der Waals surface area contributed by atoms with Gasteiger partial charge >= 0.3 is 5.97 Å². The monoisotopic (exact) mass is 286 g/mol. The molecule has 0 spiro atoms. The van der Waals surface area contributed by atoms with Gasteiger partial charge in [-0.25, -0.2) is 0 Å². The molecule has 0 fully saturated rings. The smallest absolute Gasteiger partial charge is 0.312 e. The average Bonchev–Trinajstić information content (AvgIpc) is 2.48. The van der Waals surface area contributed by atoms with Crippen LogP contribution in [-0.2, 0) is 4.79 Å². The summed E-state index contributed by atoms with van der Waals surface area (Å²) >= 11 is 0. The Balaban J connectivity index is 2.10. The fourth-order valence-electron chi connectivity index (χ4n) is 1.92. The first-order valence-electron chi connectivity index (χ1n) is 6.33. The summed E-state index contributed by atoms with van der Waals surface area (Å²) in [6, 6.07) is 11.5. The highest BCUT2D eigenvalue weighted by Crippen LogP contribution is 2.14. The van der Waals surface area contributed by atoms with Gasteiger partial charge in [0.2, 0.25) is 0 Å². The number of hydrogen-bond acceptors (Lipinski definition) is 3. The van der Waals surface area contributed by atoms with Crippen LogP contribution in [0.15, 0.2) is 53.5 Å². The number of carbonyl (C=O) groups excluding carboxylic acids is 1. The van der Waals surface area contributed by atoms with Crippen molar-refractivity contribution >= 4 is 11.9 Å². The summed E-state index contributed by atoms with van der Waals surface area (Å²) in [6.45, 7) is -0.0908. The van der Waals surface area contributed by atoms with E-state index >= 15 is 0 Å². The van der Waals surface area contributed by atoms with Gasteiger partial charge in [-0.3, -0.25) is 14.4 Å². The minimum absolute atomic E-state index is 0.0466. The fraction of sp³-hybridized carbons (Fsp3) is 0.133. The molecule has 0 aliphatic carbocycles. The van der Waals surface area contributed by atoms with E-state index in [9.17, 15) is 19.5 Å². The molecule has 3 N–H and O–H groups in total. The zero-order chi connectivity index (χ0) is 15.2. The molecule has 1 heterocycles. The summed E-state index contributed by atoms with van der Waals surface area (Å²) in [4.78, 5) is 37.1. The summed E-state index contributed by atoms with van der Waals surface area (Å²) < 4.78 is 0. The topological polar surface area (TPSA) is 99.3 Å². The van der Waals surface area contributed by atoms with E-state index < -0.39 is 23.4 Å². The molecule has 0 aliphatic rings. The van der Waals surface area contributed by atoms with Gasteiger partial charge in [0.1, 0.15) is 5.56 Å². The van der Waals surface area contributed by atoms with E-state index in [1.54, 1.807) is 30.3 Å². The van der Waals surface area contributed by atoms with Crippen LogP contribution in [0, 0.1) is 0 Å². The van der Waals surface area contributed by atoms with E-state index in [4.69, 9.17) is 0 Å². The highest BCUT2D eigenvalue weighted by atomic mass is 16.4. The first-order valence-corrected chi connectivity index (χ1v) is 6.33. The molecule has 0 saturated heterocycles. The van der Waals surface area contributed by atoms with Gasteiger partial charge in [0.25, 0.3) is 11.5 Å². The van der Waals surface area contributed by atoms with Crippen LogP contribution in [0.3, 0.4) is 0 Å². The number of carboxylic acids is 1. The number of amides is 1. The van der Waals surface area contributed by atoms with Crippen molar-refractivity contribution in [2.75, 3.05) is 6.54 Å². The maximum absolute atomic E-state index is 11.9. The average molecular weight is 286 g/mol. The third-order valence-corrected chi connectivity index (χ3v) is 3.03. The number of hydrogen-bond donors (Lipinski definition) is 3. The lowest BCUT2D eigenvalue weighted by Gasteiger charge is -2.13. The van der Waals surface area contributed by atoms with Crippen LogP contribution in [-0.4, -0.2) is 28.5 Å². The number of aromatic nitrogens is 1. The van der Waals surface area contributed by atoms with Crippen molar-refractivity contribution in [3.05, 3.63) is 70.1 Å². The van der Waals surface area contributed by atoms with E-state index in [1.807, 2.05) is 0 Å². The molecule has 0 saturated carbocycles. The molecule has 1 aromatic carbocycles. The summed E-state index contributed by atoms with van der Waals surface area (Å²) in [5.74, 6) is -2.50. The lowest BCUT2D eigenvalue weighted by Crippen LogP contribution is -2.34. The highest BCUT2D eigenvalue weighted by Gasteiger charge is 2.21. The summed E-state index contributed by atoms with van der Waals surface area (Å²) in [5, 5.41) is 11.7. The number of H-pyrrole nitrogens is 1. The number of carboxylic acid groups (broad SMARTS) is 1. The highest BCUT2D eigenvalue weighted by molar-refractivity contribution is 5.94. The standard InChI is InChI=1S/C15H14N2O4/c18-13-11(7-4-8-16-13)14(19)17-9-12(15(20)21)10-5-2-1-3-6-10/h1-8,12H,9H2,(H,16,18)(H,17,19)(H,20,21). The molecule has 0 radical (unpaired) electrons. The molecular formula is C15H14N2O4. The Morgan fingerprint density at radius 2 is 1.86 bits per heavy atom. The van der Waals surface area contributed by atoms with E-state index in [0.29, 0.717) is 5.56 Å². The van der Waals surface area contributed by atoms with Crippen LogP contribution >= 0.6 is 0 Å². The fourth-order valence-corrected chi connectivity index (χ4v) is 1.92. The second kappa shape index (κ2) is 6.51. The second-order valence-corrected chi connectivity index (χ2v) is 4.42. The van der Waals surface area contributed by atoms with E-state index in [-0.39, 0.29) is 12.1 Å². The van der Waals surface area contributed by atoms with Gasteiger partial charge < -0.3 is 15.4 Å². The number of rotatable bonds is 5. The van der Waals surface area contributed by atoms with Crippen molar-refractivity contribution in [3.8, 4) is 0 Å². The molecule has 1 aromatic heterocycles. The third kappa shape index (κ3) is 3.56. The lowest BCUT2D eigenvalue weighted by molar-refractivity contribution is -0.138. The molecule has 2 aromatic rings. The van der Waals surface area contributed by atoms with Crippen LogP contribution in [0.4, 0.5) is 0 Å². The number of benzene rings is 1. The third-order valence-electron chi connectivity index (χ3n) is 3.03. The Bertz CT molecular complexity index is 694. The SMILES string of the molecule is O=C(NCC(C(=O)O)c1ccccc1)c1ccc[nH]c1=O. The Morgan fingerprint density at radius 3 is 2.48 bits per heavy atom. The number of carbonyl (C=O) groups is 2. The maximum Gasteiger partial charge on any atom is 0.312 e. The van der Waals surface area contributed by atoms with E-state index in [2.05, 4.69) is 10.3 Å². The normalized spacial score (nSPS) is 11.6. The maximum atomic E-state index is 11.9. The van der Waals surface area contributed by atoms with Gasteiger partial charge in [-0.2, -0.15) is 0 Å². The molecule has 0 aliphatic heterocycles. The predicted molar refractivity (Wildman–Crippen MR) is 76.2 cm³/mol. The zero-order valence-corrected chi connectivity index (χ0v) is 11.1. The molecule has 1 atom stereocenters. The molecule has 1 unspecified atom stereocenters. The van der Waals surface area contributed by atoms with Gasteiger partial charge in [-0.05, 0) is 17.7 Å². The molecule has 6 nitrogen and oxygen atoms in total. The van der Waals surface area contributed by atoms with E-state index in [1.165, 1.54) is 18.3 Å². The first-order chi connectivity index (χ1) is 10.1. The number of aliphatic carboxylic acids is 1. The van der Waals surface area contributed by atoms with Crippen molar-refractivity contribution < 1.29 is 14.7 Å². The molecule has 108 valence electrons. The minimum atomic E-state index is -1.04. The van der Waals surface area contributed by atoms with Crippen molar-refractivity contribution in [3.63, 3.8) is 0 Å².